The van der Waals surface area contributed by atoms with Gasteiger partial charge in [0.05, 0.1) is 5.57 Å². The Kier molecular flexibility index (Phi) is 5.86. The van der Waals surface area contributed by atoms with Gasteiger partial charge in [0, 0.05) is 18.8 Å². The van der Waals surface area contributed by atoms with E-state index in [0.717, 1.165) is 24.4 Å². The molecule has 0 aliphatic rings. The molecule has 0 aliphatic heterocycles. The van der Waals surface area contributed by atoms with Crippen molar-refractivity contribution in [2.45, 2.75) is 20.8 Å². The molecule has 3 nitrogen and oxygen atoms in total. The van der Waals surface area contributed by atoms with Crippen molar-refractivity contribution < 1.29 is 9.90 Å². The minimum Gasteiger partial charge on any atom is -0.478 e. The van der Waals surface area contributed by atoms with Gasteiger partial charge < -0.3 is 10.0 Å². The molecule has 0 saturated carbocycles. The van der Waals surface area contributed by atoms with E-state index in [-0.39, 0.29) is 0 Å². The molecule has 0 heterocycles. The van der Waals surface area contributed by atoms with Gasteiger partial charge >= 0.3 is 5.97 Å². The molecule has 1 aromatic carbocycles. The third-order valence-corrected chi connectivity index (χ3v) is 3.04. The van der Waals surface area contributed by atoms with Crippen molar-refractivity contribution in [1.29, 1.82) is 0 Å². The summed E-state index contributed by atoms with van der Waals surface area (Å²) in [5.41, 5.74) is 2.20. The maximum Gasteiger partial charge on any atom is 0.333 e. The van der Waals surface area contributed by atoms with E-state index in [1.807, 2.05) is 61.2 Å². The van der Waals surface area contributed by atoms with Gasteiger partial charge in [-0.05, 0) is 32.4 Å². The van der Waals surface area contributed by atoms with Gasteiger partial charge in [0.2, 0.25) is 0 Å². The van der Waals surface area contributed by atoms with E-state index in [2.05, 4.69) is 0 Å². The predicted octanol–water partition coefficient (Wildman–Crippen LogP) is 3.40. The first kappa shape index (κ1) is 15.0. The Balaban J connectivity index is 3.09. The second-order valence-corrected chi connectivity index (χ2v) is 4.23. The maximum atomic E-state index is 11.2. The maximum absolute atomic E-state index is 11.2. The van der Waals surface area contributed by atoms with Crippen LogP contribution in [0.15, 0.2) is 47.7 Å². The van der Waals surface area contributed by atoms with Crippen LogP contribution in [0.2, 0.25) is 0 Å². The Morgan fingerprint density at radius 1 is 1.21 bits per heavy atom. The topological polar surface area (TPSA) is 40.5 Å². The number of carboxylic acid groups (broad SMARTS) is 1. The minimum atomic E-state index is -0.875. The summed E-state index contributed by atoms with van der Waals surface area (Å²) in [5.74, 6) is -0.875. The Morgan fingerprint density at radius 3 is 2.26 bits per heavy atom. The smallest absolute Gasteiger partial charge is 0.333 e. The Hall–Kier alpha value is -2.03. The van der Waals surface area contributed by atoms with Gasteiger partial charge in [0.25, 0.3) is 0 Å². The van der Waals surface area contributed by atoms with Crippen LogP contribution in [0.1, 0.15) is 26.3 Å². The second-order valence-electron chi connectivity index (χ2n) is 4.23. The number of carboxylic acids is 1. The molecule has 1 rings (SSSR count). The van der Waals surface area contributed by atoms with Crippen LogP contribution in [-0.4, -0.2) is 29.1 Å². The molecule has 19 heavy (non-hydrogen) atoms. The largest absolute Gasteiger partial charge is 0.478 e. The number of allylic oxidation sites excluding steroid dienone is 1. The van der Waals surface area contributed by atoms with Crippen LogP contribution in [0.25, 0.3) is 6.08 Å². The molecule has 1 N–H and O–H groups in total. The summed E-state index contributed by atoms with van der Waals surface area (Å²) in [5, 5.41) is 9.17. The van der Waals surface area contributed by atoms with Crippen LogP contribution in [0.3, 0.4) is 0 Å². The summed E-state index contributed by atoms with van der Waals surface area (Å²) in [6, 6.07) is 9.87. The average Bonchev–Trinajstić information content (AvgIpc) is 2.43. The number of hydrogen-bond donors (Lipinski definition) is 1. The lowest BCUT2D eigenvalue weighted by molar-refractivity contribution is -0.132. The molecule has 0 fully saturated rings. The fraction of sp³-hybridized carbons (Fsp3) is 0.312. The number of carbonyl (C=O) groups is 1. The fourth-order valence-electron chi connectivity index (χ4n) is 1.88. The van der Waals surface area contributed by atoms with Crippen molar-refractivity contribution in [3.05, 3.63) is 53.2 Å². The summed E-state index contributed by atoms with van der Waals surface area (Å²) in [7, 11) is 0. The number of nitrogens with zero attached hydrogens (tertiary/aromatic N) is 1. The highest BCUT2D eigenvalue weighted by molar-refractivity contribution is 5.87. The average molecular weight is 259 g/mol. The van der Waals surface area contributed by atoms with Crippen molar-refractivity contribution in [2.75, 3.05) is 13.1 Å². The van der Waals surface area contributed by atoms with E-state index in [0.29, 0.717) is 5.57 Å². The zero-order valence-corrected chi connectivity index (χ0v) is 11.8. The normalized spacial score (nSPS) is 12.4. The lowest BCUT2D eigenvalue weighted by Crippen LogP contribution is -2.23. The van der Waals surface area contributed by atoms with Crippen molar-refractivity contribution >= 4 is 12.0 Å². The van der Waals surface area contributed by atoms with Gasteiger partial charge in [-0.3, -0.25) is 0 Å². The van der Waals surface area contributed by atoms with Crippen molar-refractivity contribution in [3.8, 4) is 0 Å². The van der Waals surface area contributed by atoms with E-state index in [1.165, 1.54) is 0 Å². The highest BCUT2D eigenvalue weighted by Gasteiger charge is 2.11. The Morgan fingerprint density at radius 2 is 1.79 bits per heavy atom. The molecule has 1 aromatic rings. The minimum absolute atomic E-state index is 0.371. The molecule has 0 spiro atoms. The van der Waals surface area contributed by atoms with Gasteiger partial charge in [-0.15, -0.1) is 0 Å². The summed E-state index contributed by atoms with van der Waals surface area (Å²) in [6.07, 6.45) is 3.83. The second kappa shape index (κ2) is 7.41. The van der Waals surface area contributed by atoms with Crippen LogP contribution >= 0.6 is 0 Å². The van der Waals surface area contributed by atoms with Crippen LogP contribution < -0.4 is 0 Å². The fourth-order valence-corrected chi connectivity index (χ4v) is 1.88. The van der Waals surface area contributed by atoms with Gasteiger partial charge in [-0.25, -0.2) is 4.79 Å². The highest BCUT2D eigenvalue weighted by atomic mass is 16.4. The SMILES string of the molecule is CCN(CC)C(C=Cc1ccccc1)=C(C)C(=O)O. The summed E-state index contributed by atoms with van der Waals surface area (Å²) >= 11 is 0. The molecule has 0 radical (unpaired) electrons. The van der Waals surface area contributed by atoms with Crippen LogP contribution in [0.4, 0.5) is 0 Å². The molecule has 102 valence electrons. The Bertz CT molecular complexity index is 471. The summed E-state index contributed by atoms with van der Waals surface area (Å²) < 4.78 is 0. The predicted molar refractivity (Wildman–Crippen MR) is 78.7 cm³/mol. The molecule has 0 aromatic heterocycles. The van der Waals surface area contributed by atoms with Crippen LogP contribution in [0.5, 0.6) is 0 Å². The lowest BCUT2D eigenvalue weighted by atomic mass is 10.1. The molecular formula is C16H21NO2. The number of likely N-dealkylation sites (N-methyl/N-ethyl adjacent to an activating group) is 1. The Labute approximate surface area is 114 Å². The van der Waals surface area contributed by atoms with E-state index >= 15 is 0 Å². The molecular weight excluding hydrogens is 238 g/mol. The van der Waals surface area contributed by atoms with Gasteiger partial charge in [0.15, 0.2) is 0 Å². The zero-order chi connectivity index (χ0) is 14.3. The zero-order valence-electron chi connectivity index (χ0n) is 11.8. The van der Waals surface area contributed by atoms with Crippen molar-refractivity contribution in [3.63, 3.8) is 0 Å². The first-order valence-corrected chi connectivity index (χ1v) is 6.52. The number of aliphatic carboxylic acids is 1. The lowest BCUT2D eigenvalue weighted by Gasteiger charge is -2.23. The highest BCUT2D eigenvalue weighted by Crippen LogP contribution is 2.14. The standard InChI is InChI=1S/C16H21NO2/c1-4-17(5-2)15(13(3)16(18)19)12-11-14-9-7-6-8-10-14/h6-12H,4-5H2,1-3H3,(H,18,19). The molecule has 0 aliphatic carbocycles. The quantitative estimate of drug-likeness (QED) is 0.628. The first-order chi connectivity index (χ1) is 9.10. The van der Waals surface area contributed by atoms with Gasteiger partial charge in [-0.2, -0.15) is 0 Å². The van der Waals surface area contributed by atoms with E-state index < -0.39 is 5.97 Å². The first-order valence-electron chi connectivity index (χ1n) is 6.52. The van der Waals surface area contributed by atoms with E-state index in [1.54, 1.807) is 6.92 Å². The number of rotatable bonds is 6. The molecule has 0 atom stereocenters. The van der Waals surface area contributed by atoms with Crippen molar-refractivity contribution in [2.24, 2.45) is 0 Å². The van der Waals surface area contributed by atoms with Crippen LogP contribution in [0, 0.1) is 0 Å². The molecule has 0 saturated heterocycles. The van der Waals surface area contributed by atoms with E-state index in [4.69, 9.17) is 0 Å². The molecule has 0 bridgehead atoms. The van der Waals surface area contributed by atoms with Gasteiger partial charge in [-0.1, -0.05) is 36.4 Å². The summed E-state index contributed by atoms with van der Waals surface area (Å²) in [4.78, 5) is 13.2. The number of benzene rings is 1. The molecule has 3 heteroatoms. The summed E-state index contributed by atoms with van der Waals surface area (Å²) in [6.45, 7) is 7.26. The van der Waals surface area contributed by atoms with Crippen LogP contribution in [-0.2, 0) is 4.79 Å². The third kappa shape index (κ3) is 4.28. The third-order valence-electron chi connectivity index (χ3n) is 3.04. The van der Waals surface area contributed by atoms with Gasteiger partial charge in [0.1, 0.15) is 0 Å². The monoisotopic (exact) mass is 259 g/mol. The molecule has 0 amide bonds. The van der Waals surface area contributed by atoms with E-state index in [9.17, 15) is 9.90 Å². The number of hydrogen-bond acceptors (Lipinski definition) is 2. The van der Waals surface area contributed by atoms with Crippen molar-refractivity contribution in [1.82, 2.24) is 4.90 Å². The molecule has 0 unspecified atom stereocenters.